The van der Waals surface area contributed by atoms with Gasteiger partial charge in [-0.25, -0.2) is 15.0 Å². The fourth-order valence-electron chi connectivity index (χ4n) is 6.63. The number of rotatable bonds is 6. The molecule has 3 fully saturated rings. The zero-order valence-electron chi connectivity index (χ0n) is 22.5. The van der Waals surface area contributed by atoms with Crippen LogP contribution >= 0.6 is 10.6 Å². The van der Waals surface area contributed by atoms with Crippen LogP contribution in [0.15, 0.2) is 41.1 Å². The lowest BCUT2D eigenvalue weighted by molar-refractivity contribution is -0.135. The van der Waals surface area contributed by atoms with Gasteiger partial charge in [0, 0.05) is 42.7 Å². The topological polar surface area (TPSA) is 162 Å². The molecule has 6 rings (SSSR count). The molecule has 3 heterocycles. The second-order valence-corrected chi connectivity index (χ2v) is 13.7. The number of nitriles is 1. The Morgan fingerprint density at radius 1 is 1.10 bits per heavy atom. The Morgan fingerprint density at radius 3 is 2.38 bits per heavy atom. The van der Waals surface area contributed by atoms with E-state index >= 15 is 0 Å². The van der Waals surface area contributed by atoms with Gasteiger partial charge in [0.15, 0.2) is 0 Å². The van der Waals surface area contributed by atoms with Crippen LogP contribution in [0.5, 0.6) is 0 Å². The van der Waals surface area contributed by atoms with Gasteiger partial charge in [-0.2, -0.15) is 15.9 Å². The summed E-state index contributed by atoms with van der Waals surface area (Å²) in [7, 11) is -2.48. The van der Waals surface area contributed by atoms with Gasteiger partial charge in [-0.15, -0.1) is 0 Å². The van der Waals surface area contributed by atoms with Crippen LogP contribution in [-0.4, -0.2) is 54.6 Å². The number of aromatic nitrogens is 3. The number of oxazole rings is 1. The van der Waals surface area contributed by atoms with Gasteiger partial charge >= 0.3 is 0 Å². The summed E-state index contributed by atoms with van der Waals surface area (Å²) < 4.78 is 26.5. The van der Waals surface area contributed by atoms with Crippen molar-refractivity contribution in [1.29, 1.82) is 5.26 Å². The first-order valence-electron chi connectivity index (χ1n) is 13.8. The smallest absolute Gasteiger partial charge is 0.230 e. The SMILES string of the molecule is Cc1ncc(-c2nc(-c3ccc(N4CCS(O)(O)CC4)cc3)c(C3CCCCC3(C(N)=O)C3(C#N)CC3)o2)cn1. The quantitative estimate of drug-likeness (QED) is 0.370. The van der Waals surface area contributed by atoms with Crippen molar-refractivity contribution >= 4 is 22.2 Å². The van der Waals surface area contributed by atoms with Crippen LogP contribution in [0.3, 0.4) is 0 Å². The number of nitrogens with two attached hydrogens (primary N) is 1. The van der Waals surface area contributed by atoms with Crippen LogP contribution < -0.4 is 10.6 Å². The van der Waals surface area contributed by atoms with Crippen molar-refractivity contribution in [3.05, 3.63) is 48.2 Å². The number of amides is 1. The molecule has 2 unspecified atom stereocenters. The molecule has 0 spiro atoms. The predicted octanol–water partition coefficient (Wildman–Crippen LogP) is 5.11. The molecule has 3 aliphatic rings. The lowest BCUT2D eigenvalue weighted by Gasteiger charge is -2.44. The summed E-state index contributed by atoms with van der Waals surface area (Å²) in [5.74, 6) is 1.48. The number of aryl methyl sites for hydroxylation is 1. The largest absolute Gasteiger partial charge is 0.440 e. The van der Waals surface area contributed by atoms with Gasteiger partial charge < -0.3 is 15.1 Å². The standard InChI is InChI=1S/C29H34N6O4S/c1-19-32-16-21(17-33-19)26-34-24(20-5-7-22(8-6-20)35-12-14-40(37,38)15-13-35)25(39-26)23-4-2-3-9-29(23,27(31)36)28(18-30)10-11-28/h5-8,16-17,23,37-38H,2-4,9-15H2,1H3,(H2,31,36). The Hall–Kier alpha value is -3.46. The molecule has 2 aromatic heterocycles. The highest BCUT2D eigenvalue weighted by molar-refractivity contribution is 8.24. The maximum absolute atomic E-state index is 13.3. The van der Waals surface area contributed by atoms with Gasteiger partial charge in [-0.1, -0.05) is 25.0 Å². The zero-order valence-corrected chi connectivity index (χ0v) is 23.4. The van der Waals surface area contributed by atoms with Crippen molar-refractivity contribution in [2.75, 3.05) is 29.5 Å². The van der Waals surface area contributed by atoms with E-state index in [1.807, 2.05) is 31.2 Å². The molecule has 2 atom stereocenters. The Balaban J connectivity index is 1.44. The highest BCUT2D eigenvalue weighted by Gasteiger charge is 2.67. The third-order valence-electron chi connectivity index (χ3n) is 9.05. The molecule has 40 heavy (non-hydrogen) atoms. The highest BCUT2D eigenvalue weighted by Crippen LogP contribution is 2.68. The summed E-state index contributed by atoms with van der Waals surface area (Å²) in [6, 6.07) is 10.4. The summed E-state index contributed by atoms with van der Waals surface area (Å²) in [6.07, 6.45) is 7.61. The summed E-state index contributed by atoms with van der Waals surface area (Å²) in [5.41, 5.74) is 7.43. The minimum absolute atomic E-state index is 0.362. The summed E-state index contributed by atoms with van der Waals surface area (Å²) in [6.45, 7) is 2.96. The average Bonchev–Trinajstić information content (AvgIpc) is 3.65. The first-order chi connectivity index (χ1) is 19.2. The van der Waals surface area contributed by atoms with Crippen LogP contribution in [0.1, 0.15) is 56.0 Å². The van der Waals surface area contributed by atoms with E-state index in [0.29, 0.717) is 79.0 Å². The Bertz CT molecular complexity index is 1450. The Morgan fingerprint density at radius 2 is 1.77 bits per heavy atom. The van der Waals surface area contributed by atoms with E-state index in [0.717, 1.165) is 24.1 Å². The van der Waals surface area contributed by atoms with E-state index in [1.54, 1.807) is 12.4 Å². The van der Waals surface area contributed by atoms with Crippen LogP contribution in [0.2, 0.25) is 0 Å². The van der Waals surface area contributed by atoms with Crippen molar-refractivity contribution in [2.45, 2.75) is 51.4 Å². The van der Waals surface area contributed by atoms with Gasteiger partial charge in [0.2, 0.25) is 11.8 Å². The number of primary amides is 1. The van der Waals surface area contributed by atoms with Crippen LogP contribution in [-0.2, 0) is 4.79 Å². The number of carbonyl (C=O) groups is 1. The average molecular weight is 563 g/mol. The van der Waals surface area contributed by atoms with E-state index in [9.17, 15) is 19.2 Å². The minimum atomic E-state index is -2.48. The van der Waals surface area contributed by atoms with E-state index in [1.165, 1.54) is 0 Å². The third-order valence-corrected chi connectivity index (χ3v) is 10.7. The number of benzene rings is 1. The zero-order chi connectivity index (χ0) is 28.1. The molecule has 2 saturated carbocycles. The molecular formula is C29H34N6O4S. The first kappa shape index (κ1) is 26.7. The maximum Gasteiger partial charge on any atom is 0.230 e. The molecule has 1 amide bonds. The molecule has 0 bridgehead atoms. The van der Waals surface area contributed by atoms with Crippen molar-refractivity contribution in [1.82, 2.24) is 15.0 Å². The molecule has 1 saturated heterocycles. The first-order valence-corrected chi connectivity index (χ1v) is 15.7. The van der Waals surface area contributed by atoms with Crippen LogP contribution in [0.25, 0.3) is 22.7 Å². The number of anilines is 1. The van der Waals surface area contributed by atoms with Gasteiger partial charge in [0.1, 0.15) is 17.3 Å². The monoisotopic (exact) mass is 562 g/mol. The van der Waals surface area contributed by atoms with E-state index in [-0.39, 0.29) is 5.92 Å². The molecular weight excluding hydrogens is 528 g/mol. The summed E-state index contributed by atoms with van der Waals surface area (Å²) in [4.78, 5) is 28.9. The Labute approximate surface area is 235 Å². The normalized spacial score (nSPS) is 26.1. The van der Waals surface area contributed by atoms with E-state index < -0.39 is 27.3 Å². The molecule has 11 heteroatoms. The van der Waals surface area contributed by atoms with Crippen LogP contribution in [0.4, 0.5) is 5.69 Å². The summed E-state index contributed by atoms with van der Waals surface area (Å²) >= 11 is 0. The Kier molecular flexibility index (Phi) is 6.60. The summed E-state index contributed by atoms with van der Waals surface area (Å²) in [5, 5.41) is 10.2. The number of nitrogens with zero attached hydrogens (tertiary/aromatic N) is 5. The van der Waals surface area contributed by atoms with Crippen molar-refractivity contribution in [3.8, 4) is 28.8 Å². The van der Waals surface area contributed by atoms with Crippen molar-refractivity contribution in [3.63, 3.8) is 0 Å². The van der Waals surface area contributed by atoms with Gasteiger partial charge in [0.25, 0.3) is 0 Å². The van der Waals surface area contributed by atoms with Gasteiger partial charge in [-0.3, -0.25) is 13.9 Å². The second-order valence-electron chi connectivity index (χ2n) is 11.3. The molecule has 0 radical (unpaired) electrons. The third kappa shape index (κ3) is 4.44. The highest BCUT2D eigenvalue weighted by atomic mass is 32.3. The molecule has 10 nitrogen and oxygen atoms in total. The number of hydrogen-bond acceptors (Lipinski definition) is 9. The molecule has 1 aromatic carbocycles. The van der Waals surface area contributed by atoms with Crippen molar-refractivity contribution < 1.29 is 18.3 Å². The predicted molar refractivity (Wildman–Crippen MR) is 153 cm³/mol. The lowest BCUT2D eigenvalue weighted by atomic mass is 9.56. The number of hydrogen-bond donors (Lipinski definition) is 3. The van der Waals surface area contributed by atoms with Gasteiger partial charge in [-0.05, 0) is 44.7 Å². The van der Waals surface area contributed by atoms with Crippen molar-refractivity contribution in [2.24, 2.45) is 16.6 Å². The number of carbonyl (C=O) groups excluding carboxylic acids is 1. The molecule has 210 valence electrons. The lowest BCUT2D eigenvalue weighted by Crippen LogP contribution is -2.50. The fraction of sp³-hybridized carbons (Fsp3) is 0.483. The second kappa shape index (κ2) is 9.87. The minimum Gasteiger partial charge on any atom is -0.440 e. The molecule has 3 aromatic rings. The van der Waals surface area contributed by atoms with Crippen LogP contribution in [0, 0.1) is 29.1 Å². The molecule has 4 N–H and O–H groups in total. The maximum atomic E-state index is 13.3. The molecule has 1 aliphatic heterocycles. The molecule has 2 aliphatic carbocycles. The van der Waals surface area contributed by atoms with E-state index in [4.69, 9.17) is 15.1 Å². The fourth-order valence-corrected chi connectivity index (χ4v) is 7.86. The van der Waals surface area contributed by atoms with E-state index in [2.05, 4.69) is 20.9 Å². The van der Waals surface area contributed by atoms with Gasteiger partial charge in [0.05, 0.1) is 34.0 Å².